The van der Waals surface area contributed by atoms with E-state index in [0.29, 0.717) is 22.7 Å². The molecule has 6 heteroatoms. The fourth-order valence-electron chi connectivity index (χ4n) is 2.00. The molecule has 0 saturated carbocycles. The highest BCUT2D eigenvalue weighted by Crippen LogP contribution is 2.33. The van der Waals surface area contributed by atoms with Gasteiger partial charge in [0, 0.05) is 11.1 Å². The van der Waals surface area contributed by atoms with Gasteiger partial charge in [-0.1, -0.05) is 18.2 Å². The maximum absolute atomic E-state index is 12.2. The minimum absolute atomic E-state index is 0.257. The van der Waals surface area contributed by atoms with E-state index < -0.39 is 0 Å². The average molecular weight is 283 g/mol. The minimum atomic E-state index is -0.257. The molecule has 0 bridgehead atoms. The quantitative estimate of drug-likeness (QED) is 0.665. The molecule has 2 aromatic carbocycles. The second kappa shape index (κ2) is 6.39. The van der Waals surface area contributed by atoms with E-state index in [1.165, 1.54) is 0 Å². The number of carbonyl (C=O) groups excluding carboxylic acids is 1. The van der Waals surface area contributed by atoms with Crippen LogP contribution < -0.4 is 15.5 Å². The molecule has 21 heavy (non-hydrogen) atoms. The molecule has 0 aromatic heterocycles. The zero-order valence-electron chi connectivity index (χ0n) is 11.8. The van der Waals surface area contributed by atoms with Crippen molar-refractivity contribution in [1.29, 1.82) is 5.39 Å². The number of ether oxygens (including phenoxy) is 1. The Balaban J connectivity index is 2.38. The standard InChI is InChI=1S/C15H14N4O2/c1-10-13(21-2)9-8-12(18-19-16)14(10)17-15(20)11-6-4-3-5-7-11/h3-9,16H,1-2H3/p+1. The van der Waals surface area contributed by atoms with E-state index in [1.54, 1.807) is 43.5 Å². The average Bonchev–Trinajstić information content (AvgIpc) is 2.52. The third kappa shape index (κ3) is 3.09. The lowest BCUT2D eigenvalue weighted by molar-refractivity contribution is 0.102. The third-order valence-corrected chi connectivity index (χ3v) is 3.08. The van der Waals surface area contributed by atoms with Crippen molar-refractivity contribution in [3.63, 3.8) is 0 Å². The Bertz CT molecular complexity index is 693. The van der Waals surface area contributed by atoms with Crippen LogP contribution >= 0.6 is 0 Å². The smallest absolute Gasteiger partial charge is 0.308 e. The number of carbonyl (C=O) groups is 1. The molecule has 1 amide bonds. The number of nitrogens with one attached hydrogen (secondary N) is 2. The van der Waals surface area contributed by atoms with Crippen LogP contribution in [0.4, 0.5) is 11.4 Å². The highest BCUT2D eigenvalue weighted by molar-refractivity contribution is 6.06. The van der Waals surface area contributed by atoms with Crippen molar-refractivity contribution in [2.75, 3.05) is 17.9 Å². The number of amides is 1. The number of hydrogen-bond donors (Lipinski definition) is 2. The first-order valence-corrected chi connectivity index (χ1v) is 6.31. The number of rotatable bonds is 4. The van der Waals surface area contributed by atoms with Gasteiger partial charge in [-0.25, -0.2) is 0 Å². The molecule has 0 aliphatic rings. The van der Waals surface area contributed by atoms with Crippen molar-refractivity contribution in [2.45, 2.75) is 6.92 Å². The van der Waals surface area contributed by atoms with Gasteiger partial charge in [-0.2, -0.15) is 0 Å². The van der Waals surface area contributed by atoms with Gasteiger partial charge in [-0.05, 0) is 36.6 Å². The van der Waals surface area contributed by atoms with Crippen molar-refractivity contribution in [3.05, 3.63) is 58.7 Å². The zero-order chi connectivity index (χ0) is 15.2. The van der Waals surface area contributed by atoms with E-state index in [4.69, 9.17) is 10.1 Å². The lowest BCUT2D eigenvalue weighted by Gasteiger charge is -2.13. The number of anilines is 2. The van der Waals surface area contributed by atoms with E-state index in [0.717, 1.165) is 5.56 Å². The zero-order valence-corrected chi connectivity index (χ0v) is 11.8. The summed E-state index contributed by atoms with van der Waals surface area (Å²) >= 11 is 0. The number of nitrogens with zero attached hydrogens (tertiary/aromatic N) is 2. The maximum atomic E-state index is 12.2. The first kappa shape index (κ1) is 14.3. The van der Waals surface area contributed by atoms with E-state index in [2.05, 4.69) is 15.8 Å². The Labute approximate surface area is 122 Å². The van der Waals surface area contributed by atoms with Crippen molar-refractivity contribution in [1.82, 2.24) is 0 Å². The molecule has 0 aliphatic carbocycles. The molecule has 0 heterocycles. The van der Waals surface area contributed by atoms with Crippen LogP contribution in [0.5, 0.6) is 5.75 Å². The van der Waals surface area contributed by atoms with Crippen LogP contribution in [0.25, 0.3) is 5.08 Å². The maximum Gasteiger partial charge on any atom is 0.308 e. The monoisotopic (exact) mass is 283 g/mol. The van der Waals surface area contributed by atoms with Gasteiger partial charge in [0.15, 0.2) is 0 Å². The molecule has 6 nitrogen and oxygen atoms in total. The van der Waals surface area contributed by atoms with Gasteiger partial charge in [-0.3, -0.25) is 4.79 Å². The topological polar surface area (TPSA) is 78.5 Å². The van der Waals surface area contributed by atoms with Gasteiger partial charge in [0.25, 0.3) is 11.3 Å². The highest BCUT2D eigenvalue weighted by Gasteiger charge is 2.16. The fourth-order valence-corrected chi connectivity index (χ4v) is 2.00. The van der Waals surface area contributed by atoms with Gasteiger partial charge in [0.2, 0.25) is 0 Å². The lowest BCUT2D eigenvalue weighted by atomic mass is 10.1. The van der Waals surface area contributed by atoms with Crippen LogP contribution in [0, 0.1) is 12.3 Å². The van der Waals surface area contributed by atoms with Crippen LogP contribution in [-0.2, 0) is 0 Å². The minimum Gasteiger partial charge on any atom is -0.496 e. The summed E-state index contributed by atoms with van der Waals surface area (Å²) in [5.41, 5.74) is 4.67. The van der Waals surface area contributed by atoms with Gasteiger partial charge >= 0.3 is 5.08 Å². The number of methoxy groups -OCH3 is 1. The van der Waals surface area contributed by atoms with Gasteiger partial charge in [0.05, 0.1) is 12.8 Å². The lowest BCUT2D eigenvalue weighted by Crippen LogP contribution is -2.14. The Morgan fingerprint density at radius 2 is 1.90 bits per heavy atom. The van der Waals surface area contributed by atoms with Gasteiger partial charge in [-0.15, -0.1) is 0 Å². The Morgan fingerprint density at radius 3 is 2.52 bits per heavy atom. The summed E-state index contributed by atoms with van der Waals surface area (Å²) in [6.07, 6.45) is 0. The Hall–Kier alpha value is -3.07. The summed E-state index contributed by atoms with van der Waals surface area (Å²) in [4.78, 5) is 12.2. The molecule has 0 saturated heterocycles. The summed E-state index contributed by atoms with van der Waals surface area (Å²) in [6.45, 7) is 1.81. The first-order chi connectivity index (χ1) is 10.2. The molecule has 2 rings (SSSR count). The predicted molar refractivity (Wildman–Crippen MR) is 80.8 cm³/mol. The van der Waals surface area contributed by atoms with Gasteiger partial charge < -0.3 is 10.1 Å². The normalized spacial score (nSPS) is 9.57. The third-order valence-electron chi connectivity index (χ3n) is 3.08. The molecule has 0 radical (unpaired) electrons. The fraction of sp³-hybridized carbons (Fsp3) is 0.133. The SMILES string of the molecule is COc1ccc(N[N+]#N)c(NC(=O)c2ccccc2)c1C. The summed E-state index contributed by atoms with van der Waals surface area (Å²) in [6, 6.07) is 12.2. The van der Waals surface area contributed by atoms with Crippen LogP contribution in [0.15, 0.2) is 42.5 Å². The van der Waals surface area contributed by atoms with Crippen molar-refractivity contribution in [3.8, 4) is 5.75 Å². The summed E-state index contributed by atoms with van der Waals surface area (Å²) < 4.78 is 5.23. The molecule has 0 unspecified atom stereocenters. The first-order valence-electron chi connectivity index (χ1n) is 6.31. The Kier molecular flexibility index (Phi) is 4.36. The molecular weight excluding hydrogens is 268 g/mol. The number of hydrogen-bond acceptors (Lipinski definition) is 4. The molecule has 2 aromatic rings. The van der Waals surface area contributed by atoms with Crippen molar-refractivity contribution < 1.29 is 9.53 Å². The second-order valence-electron chi connectivity index (χ2n) is 4.35. The van der Waals surface area contributed by atoms with Gasteiger partial charge in [0.1, 0.15) is 11.4 Å². The number of benzene rings is 2. The van der Waals surface area contributed by atoms with Crippen molar-refractivity contribution >= 4 is 17.3 Å². The predicted octanol–water partition coefficient (Wildman–Crippen LogP) is 3.44. The highest BCUT2D eigenvalue weighted by atomic mass is 16.5. The molecule has 0 aliphatic heterocycles. The van der Waals surface area contributed by atoms with E-state index >= 15 is 0 Å². The second-order valence-corrected chi connectivity index (χ2v) is 4.35. The van der Waals surface area contributed by atoms with Crippen molar-refractivity contribution in [2.24, 2.45) is 0 Å². The molecule has 0 atom stereocenters. The molecule has 0 fully saturated rings. The van der Waals surface area contributed by atoms with E-state index in [9.17, 15) is 4.79 Å². The largest absolute Gasteiger partial charge is 0.496 e. The van der Waals surface area contributed by atoms with Crippen LogP contribution in [-0.4, -0.2) is 13.0 Å². The number of diazo groups is 1. The Morgan fingerprint density at radius 1 is 1.19 bits per heavy atom. The molecular formula is C15H15N4O2+. The van der Waals surface area contributed by atoms with Crippen LogP contribution in [0.1, 0.15) is 15.9 Å². The van der Waals surface area contributed by atoms with E-state index in [1.807, 2.05) is 13.0 Å². The van der Waals surface area contributed by atoms with Crippen LogP contribution in [0.2, 0.25) is 0 Å². The van der Waals surface area contributed by atoms with Crippen LogP contribution in [0.3, 0.4) is 0 Å². The summed E-state index contributed by atoms with van der Waals surface area (Å²) in [7, 11) is 1.55. The van der Waals surface area contributed by atoms with E-state index in [-0.39, 0.29) is 5.91 Å². The molecule has 106 valence electrons. The summed E-state index contributed by atoms with van der Waals surface area (Å²) in [5.74, 6) is 0.370. The summed E-state index contributed by atoms with van der Waals surface area (Å²) in [5, 5.41) is 14.4. The molecule has 2 N–H and O–H groups in total. The molecule has 0 spiro atoms.